The number of hydrogen-bond donors (Lipinski definition) is 1. The van der Waals surface area contributed by atoms with Crippen molar-refractivity contribution < 1.29 is 13.7 Å². The molecule has 36 heavy (non-hydrogen) atoms. The van der Waals surface area contributed by atoms with Crippen LogP contribution >= 0.6 is 0 Å². The Bertz CT molecular complexity index is 1170. The maximum atomic E-state index is 14.1. The highest BCUT2D eigenvalue weighted by molar-refractivity contribution is 7.89. The predicted molar refractivity (Wildman–Crippen MR) is 141 cm³/mol. The molecule has 0 amide bonds. The second-order valence-corrected chi connectivity index (χ2v) is 11.1. The van der Waals surface area contributed by atoms with Crippen molar-refractivity contribution in [2.45, 2.75) is 56.0 Å². The van der Waals surface area contributed by atoms with Gasteiger partial charge in [0, 0.05) is 24.5 Å². The first-order chi connectivity index (χ1) is 17.5. The number of hydrogen-bond acceptors (Lipinski definition) is 7. The van der Waals surface area contributed by atoms with Crippen molar-refractivity contribution in [1.29, 1.82) is 0 Å². The van der Waals surface area contributed by atoms with Crippen molar-refractivity contribution in [2.75, 3.05) is 38.6 Å². The van der Waals surface area contributed by atoms with E-state index in [1.807, 2.05) is 28.6 Å². The molecular weight excluding hydrogens is 477 g/mol. The van der Waals surface area contributed by atoms with Crippen molar-refractivity contribution in [1.82, 2.24) is 19.2 Å². The lowest BCUT2D eigenvalue weighted by molar-refractivity contribution is 0.141. The lowest BCUT2D eigenvalue weighted by Crippen LogP contribution is -2.49. The van der Waals surface area contributed by atoms with Crippen LogP contribution in [0, 0.1) is 5.82 Å². The molecule has 1 N–H and O–H groups in total. The molecule has 0 radical (unpaired) electrons. The van der Waals surface area contributed by atoms with E-state index in [1.165, 1.54) is 31.4 Å². The van der Waals surface area contributed by atoms with Crippen molar-refractivity contribution >= 4 is 28.1 Å². The average molecular weight is 512 g/mol. The second-order valence-electron chi connectivity index (χ2n) is 9.64. The Morgan fingerprint density at radius 2 is 1.75 bits per heavy atom. The van der Waals surface area contributed by atoms with E-state index in [0.29, 0.717) is 19.1 Å². The van der Waals surface area contributed by atoms with Crippen LogP contribution in [0.15, 0.2) is 47.4 Å². The molecule has 3 aromatic rings. The number of anilines is 1. The van der Waals surface area contributed by atoms with E-state index in [1.54, 1.807) is 13.2 Å². The first kappa shape index (κ1) is 25.2. The fourth-order valence-corrected chi connectivity index (χ4v) is 6.28. The molecule has 192 valence electrons. The van der Waals surface area contributed by atoms with E-state index < -0.39 is 11.4 Å². The van der Waals surface area contributed by atoms with E-state index in [0.717, 1.165) is 59.1 Å². The number of piperazine rings is 1. The molecule has 9 heteroatoms. The normalized spacial score (nSPS) is 19.8. The van der Waals surface area contributed by atoms with Gasteiger partial charge in [-0.25, -0.2) is 14.4 Å². The number of aromatic nitrogens is 2. The number of nitrogens with zero attached hydrogens (tertiary/aromatic N) is 4. The molecule has 2 atom stereocenters. The highest BCUT2D eigenvalue weighted by Gasteiger charge is 2.31. The highest BCUT2D eigenvalue weighted by Crippen LogP contribution is 2.30. The summed E-state index contributed by atoms with van der Waals surface area (Å²) < 4.78 is 34.4. The maximum Gasteiger partial charge on any atom is 0.174 e. The quantitative estimate of drug-likeness (QED) is 0.451. The molecule has 2 heterocycles. The first-order valence-electron chi connectivity index (χ1n) is 12.8. The van der Waals surface area contributed by atoms with Crippen LogP contribution in [0.1, 0.15) is 50.9 Å². The average Bonchev–Trinajstić information content (AvgIpc) is 2.93. The zero-order chi connectivity index (χ0) is 25.1. The van der Waals surface area contributed by atoms with Crippen LogP contribution < -0.4 is 10.1 Å². The molecule has 1 saturated heterocycles. The van der Waals surface area contributed by atoms with Gasteiger partial charge in [-0.05, 0) is 62.2 Å². The predicted octanol–water partition coefficient (Wildman–Crippen LogP) is 4.92. The van der Waals surface area contributed by atoms with E-state index in [2.05, 4.69) is 17.1 Å². The minimum absolute atomic E-state index is 0.0112. The second kappa shape index (κ2) is 11.3. The van der Waals surface area contributed by atoms with Crippen molar-refractivity contribution in [3.05, 3.63) is 54.1 Å². The van der Waals surface area contributed by atoms with Gasteiger partial charge in [0.25, 0.3) is 0 Å². The number of nitrogens with one attached hydrogen (secondary N) is 1. The van der Waals surface area contributed by atoms with E-state index >= 15 is 0 Å². The van der Waals surface area contributed by atoms with Crippen LogP contribution in [0.4, 0.5) is 10.2 Å². The van der Waals surface area contributed by atoms with E-state index in [9.17, 15) is 8.94 Å². The molecule has 1 aromatic heterocycles. The Kier molecular flexibility index (Phi) is 7.90. The summed E-state index contributed by atoms with van der Waals surface area (Å²) in [6, 6.07) is 12.5. The van der Waals surface area contributed by atoms with Gasteiger partial charge in [-0.1, -0.05) is 19.3 Å². The SMILES string of the molecule is COc1ccc([S+]([O-])N2CCN(C(C)c3nc(NC4CCCCC4)c4cc(F)ccc4n3)CC2)cc1. The summed E-state index contributed by atoms with van der Waals surface area (Å²) in [7, 11) is 1.62. The van der Waals surface area contributed by atoms with E-state index in [-0.39, 0.29) is 11.9 Å². The Balaban J connectivity index is 1.30. The molecule has 2 aliphatic rings. The highest BCUT2D eigenvalue weighted by atomic mass is 32.2. The molecular formula is C27H34FN5O2S. The zero-order valence-corrected chi connectivity index (χ0v) is 21.8. The van der Waals surface area contributed by atoms with Gasteiger partial charge in [-0.15, -0.1) is 4.31 Å². The lowest BCUT2D eigenvalue weighted by atomic mass is 9.95. The number of benzene rings is 2. The topological polar surface area (TPSA) is 76.6 Å². The van der Waals surface area contributed by atoms with Crippen LogP contribution in [0.2, 0.25) is 0 Å². The molecule has 1 saturated carbocycles. The number of halogens is 1. The summed E-state index contributed by atoms with van der Waals surface area (Å²) >= 11 is -1.21. The summed E-state index contributed by atoms with van der Waals surface area (Å²) in [4.78, 5) is 12.8. The largest absolute Gasteiger partial charge is 0.593 e. The minimum Gasteiger partial charge on any atom is -0.593 e. The fraction of sp³-hybridized carbons (Fsp3) is 0.481. The van der Waals surface area contributed by atoms with Gasteiger partial charge >= 0.3 is 0 Å². The Labute approximate surface area is 215 Å². The van der Waals surface area contributed by atoms with Gasteiger partial charge in [0.05, 0.1) is 43.1 Å². The van der Waals surface area contributed by atoms with Crippen LogP contribution in [0.3, 0.4) is 0 Å². The molecule has 2 aromatic carbocycles. The third kappa shape index (κ3) is 5.59. The number of ether oxygens (including phenoxy) is 1. The Morgan fingerprint density at radius 1 is 1.03 bits per heavy atom. The van der Waals surface area contributed by atoms with Gasteiger partial charge < -0.3 is 14.6 Å². The fourth-order valence-electron chi connectivity index (χ4n) is 5.12. The van der Waals surface area contributed by atoms with Crippen LogP contribution in [-0.2, 0) is 11.4 Å². The Morgan fingerprint density at radius 3 is 2.44 bits per heavy atom. The van der Waals surface area contributed by atoms with Gasteiger partial charge in [0.15, 0.2) is 4.90 Å². The van der Waals surface area contributed by atoms with Crippen molar-refractivity contribution in [3.63, 3.8) is 0 Å². The van der Waals surface area contributed by atoms with Gasteiger partial charge in [0.1, 0.15) is 23.2 Å². The van der Waals surface area contributed by atoms with Crippen LogP contribution in [0.5, 0.6) is 5.75 Å². The smallest absolute Gasteiger partial charge is 0.174 e. The maximum absolute atomic E-state index is 14.1. The van der Waals surface area contributed by atoms with E-state index in [4.69, 9.17) is 14.7 Å². The molecule has 0 bridgehead atoms. The number of fused-ring (bicyclic) bond motifs is 1. The van der Waals surface area contributed by atoms with Crippen LogP contribution in [0.25, 0.3) is 10.9 Å². The number of methoxy groups -OCH3 is 1. The zero-order valence-electron chi connectivity index (χ0n) is 21.0. The lowest BCUT2D eigenvalue weighted by Gasteiger charge is -2.36. The Hall–Kier alpha value is -2.46. The number of rotatable bonds is 7. The van der Waals surface area contributed by atoms with Gasteiger partial charge in [-0.3, -0.25) is 4.90 Å². The monoisotopic (exact) mass is 511 g/mol. The molecule has 1 aliphatic carbocycles. The summed E-state index contributed by atoms with van der Waals surface area (Å²) in [6.45, 7) is 5.02. The molecule has 1 aliphatic heterocycles. The van der Waals surface area contributed by atoms with Gasteiger partial charge in [-0.2, -0.15) is 0 Å². The molecule has 2 unspecified atom stereocenters. The first-order valence-corrected chi connectivity index (χ1v) is 13.9. The van der Waals surface area contributed by atoms with Gasteiger partial charge in [0.2, 0.25) is 0 Å². The summed E-state index contributed by atoms with van der Waals surface area (Å²) in [6.07, 6.45) is 5.91. The van der Waals surface area contributed by atoms with Crippen molar-refractivity contribution in [3.8, 4) is 5.75 Å². The third-order valence-corrected chi connectivity index (χ3v) is 8.82. The van der Waals surface area contributed by atoms with Crippen LogP contribution in [-0.4, -0.2) is 63.1 Å². The standard InChI is InChI=1S/C27H34FN5O2S/c1-19(32-14-16-33(17-15-32)36(34)23-11-9-22(35-2)10-12-23)26-30-25-13-8-20(28)18-24(25)27(31-26)29-21-6-4-3-5-7-21/h8-13,18-19,21H,3-7,14-17H2,1-2H3,(H,29,30,31). The third-order valence-electron chi connectivity index (χ3n) is 7.31. The van der Waals surface area contributed by atoms with Crippen molar-refractivity contribution in [2.24, 2.45) is 0 Å². The summed E-state index contributed by atoms with van der Waals surface area (Å²) in [5, 5.41) is 4.34. The summed E-state index contributed by atoms with van der Waals surface area (Å²) in [5.41, 5.74) is 0.755. The molecule has 2 fully saturated rings. The summed E-state index contributed by atoms with van der Waals surface area (Å²) in [5.74, 6) is 1.94. The minimum atomic E-state index is -1.21. The molecule has 5 rings (SSSR count). The molecule has 0 spiro atoms. The molecule has 7 nitrogen and oxygen atoms in total.